The normalized spacial score (nSPS) is 18.1. The Kier molecular flexibility index (Phi) is 9.23. The summed E-state index contributed by atoms with van der Waals surface area (Å²) < 4.78 is 23.9. The number of aliphatic hydroxyl groups is 1. The summed E-state index contributed by atoms with van der Waals surface area (Å²) in [5.41, 5.74) is 1.75. The van der Waals surface area contributed by atoms with Crippen molar-refractivity contribution in [1.29, 1.82) is 0 Å². The van der Waals surface area contributed by atoms with Gasteiger partial charge in [0.2, 0.25) is 12.2 Å². The zero-order chi connectivity index (χ0) is 24.7. The van der Waals surface area contributed by atoms with Crippen LogP contribution in [0.3, 0.4) is 0 Å². The molecule has 0 saturated carbocycles. The molecule has 186 valence electrons. The molecule has 0 spiro atoms. The number of benzene rings is 1. The van der Waals surface area contributed by atoms with Crippen LogP contribution in [-0.4, -0.2) is 80.0 Å². The van der Waals surface area contributed by atoms with Crippen molar-refractivity contribution in [2.45, 2.75) is 44.7 Å². The quantitative estimate of drug-likeness (QED) is 0.395. The third-order valence-corrected chi connectivity index (χ3v) is 5.90. The first-order valence-electron chi connectivity index (χ1n) is 11.4. The molecule has 3 rings (SSSR count). The van der Waals surface area contributed by atoms with E-state index in [0.717, 1.165) is 16.5 Å². The number of likely N-dealkylation sites (N-methyl/N-ethyl adjacent to an activating group) is 1. The lowest BCUT2D eigenvalue weighted by atomic mass is 9.92. The van der Waals surface area contributed by atoms with E-state index in [1.807, 2.05) is 30.5 Å². The number of methoxy groups -OCH3 is 2. The summed E-state index contributed by atoms with van der Waals surface area (Å²) in [6, 6.07) is 7.70. The van der Waals surface area contributed by atoms with Crippen LogP contribution in [0.5, 0.6) is 0 Å². The van der Waals surface area contributed by atoms with Gasteiger partial charge in [0.25, 0.3) is 5.91 Å². The average Bonchev–Trinajstić information content (AvgIpc) is 3.24. The average molecular weight is 475 g/mol. The highest BCUT2D eigenvalue weighted by Crippen LogP contribution is 2.36. The lowest BCUT2D eigenvalue weighted by Gasteiger charge is -2.31. The fourth-order valence-corrected chi connectivity index (χ4v) is 4.06. The second-order valence-electron chi connectivity index (χ2n) is 8.30. The number of amides is 1. The van der Waals surface area contributed by atoms with Crippen LogP contribution < -0.4 is 0 Å². The van der Waals surface area contributed by atoms with E-state index in [4.69, 9.17) is 24.1 Å². The van der Waals surface area contributed by atoms with Crippen LogP contribution in [0.4, 0.5) is 0 Å². The van der Waals surface area contributed by atoms with Crippen molar-refractivity contribution in [2.75, 3.05) is 41.0 Å². The second kappa shape index (κ2) is 12.1. The highest BCUT2D eigenvalue weighted by atomic mass is 16.7. The van der Waals surface area contributed by atoms with Gasteiger partial charge in [-0.25, -0.2) is 0 Å². The maximum absolute atomic E-state index is 13.2. The largest absolute Gasteiger partial charge is 0.459 e. The molecule has 0 aliphatic carbocycles. The molecule has 1 aliphatic rings. The molecular weight excluding hydrogens is 440 g/mol. The second-order valence-corrected chi connectivity index (χ2v) is 8.30. The van der Waals surface area contributed by atoms with E-state index in [9.17, 15) is 9.59 Å². The SMILES string of the molecule is COC(CN(C)C(=O)C1=C[C@H](c2cn(C(C)=O)c3ccccc23)C[C@H](OCCCCO)O1)OC. The van der Waals surface area contributed by atoms with Gasteiger partial charge in [0.05, 0.1) is 18.7 Å². The van der Waals surface area contributed by atoms with Crippen LogP contribution in [0.1, 0.15) is 42.5 Å². The van der Waals surface area contributed by atoms with Gasteiger partial charge in [-0.05, 0) is 30.5 Å². The van der Waals surface area contributed by atoms with Crippen LogP contribution in [0, 0.1) is 0 Å². The van der Waals surface area contributed by atoms with Crippen molar-refractivity contribution in [3.05, 3.63) is 47.9 Å². The van der Waals surface area contributed by atoms with Crippen LogP contribution in [0.2, 0.25) is 0 Å². The maximum atomic E-state index is 13.2. The molecule has 0 fully saturated rings. The minimum absolute atomic E-state index is 0.0866. The summed E-state index contributed by atoms with van der Waals surface area (Å²) in [4.78, 5) is 26.9. The minimum Gasteiger partial charge on any atom is -0.459 e. The number of aliphatic hydroxyl groups excluding tert-OH is 1. The van der Waals surface area contributed by atoms with Crippen molar-refractivity contribution < 1.29 is 33.6 Å². The molecular formula is C25H34N2O7. The van der Waals surface area contributed by atoms with Gasteiger partial charge in [-0.15, -0.1) is 0 Å². The number of fused-ring (bicyclic) bond motifs is 1. The Morgan fingerprint density at radius 2 is 1.97 bits per heavy atom. The molecule has 2 atom stereocenters. The molecule has 0 bridgehead atoms. The van der Waals surface area contributed by atoms with Gasteiger partial charge in [-0.1, -0.05) is 18.2 Å². The Morgan fingerprint density at radius 3 is 2.65 bits per heavy atom. The fourth-order valence-electron chi connectivity index (χ4n) is 4.06. The molecule has 9 heteroatoms. The van der Waals surface area contributed by atoms with Crippen LogP contribution in [0.15, 0.2) is 42.3 Å². The minimum atomic E-state index is -0.638. The zero-order valence-electron chi connectivity index (χ0n) is 20.2. The van der Waals surface area contributed by atoms with Gasteiger partial charge in [0, 0.05) is 58.7 Å². The number of hydrogen-bond donors (Lipinski definition) is 1. The van der Waals surface area contributed by atoms with Gasteiger partial charge in [-0.3, -0.25) is 14.2 Å². The molecule has 1 aromatic carbocycles. The first kappa shape index (κ1) is 25.9. The number of carbonyl (C=O) groups is 2. The highest BCUT2D eigenvalue weighted by molar-refractivity contribution is 5.95. The highest BCUT2D eigenvalue weighted by Gasteiger charge is 2.32. The van der Waals surface area contributed by atoms with Gasteiger partial charge in [-0.2, -0.15) is 0 Å². The number of aromatic nitrogens is 1. The number of rotatable bonds is 11. The monoisotopic (exact) mass is 474 g/mol. The first-order valence-corrected chi connectivity index (χ1v) is 11.4. The third-order valence-electron chi connectivity index (χ3n) is 5.90. The van der Waals surface area contributed by atoms with Gasteiger partial charge < -0.3 is 29.0 Å². The number of para-hydroxylation sites is 1. The molecule has 0 saturated heterocycles. The van der Waals surface area contributed by atoms with E-state index >= 15 is 0 Å². The van der Waals surface area contributed by atoms with Crippen molar-refractivity contribution in [2.24, 2.45) is 0 Å². The number of hydrogen-bond acceptors (Lipinski definition) is 7. The number of allylic oxidation sites excluding steroid dienone is 1. The lowest BCUT2D eigenvalue weighted by Crippen LogP contribution is -2.39. The molecule has 0 radical (unpaired) electrons. The predicted octanol–water partition coefficient (Wildman–Crippen LogP) is 2.88. The molecule has 2 aromatic rings. The molecule has 9 nitrogen and oxygen atoms in total. The summed E-state index contributed by atoms with van der Waals surface area (Å²) in [7, 11) is 4.68. The summed E-state index contributed by atoms with van der Waals surface area (Å²) in [5.74, 6) is -0.425. The van der Waals surface area contributed by atoms with E-state index in [2.05, 4.69) is 0 Å². The lowest BCUT2D eigenvalue weighted by molar-refractivity contribution is -0.158. The van der Waals surface area contributed by atoms with E-state index in [1.165, 1.54) is 26.0 Å². The molecule has 2 heterocycles. The van der Waals surface area contributed by atoms with E-state index in [0.29, 0.717) is 25.9 Å². The molecule has 1 amide bonds. The van der Waals surface area contributed by atoms with E-state index in [1.54, 1.807) is 17.7 Å². The summed E-state index contributed by atoms with van der Waals surface area (Å²) in [5, 5.41) is 9.98. The van der Waals surface area contributed by atoms with Crippen LogP contribution in [-0.2, 0) is 23.7 Å². The Bertz CT molecular complexity index is 1010. The molecule has 1 N–H and O–H groups in total. The Morgan fingerprint density at radius 1 is 1.24 bits per heavy atom. The van der Waals surface area contributed by atoms with Gasteiger partial charge >= 0.3 is 0 Å². The standard InChI is InChI=1S/C25H34N2O7/c1-17(29)27-15-20(19-9-5-6-10-21(19)27)18-13-22(25(30)26(2)16-24(31-3)32-4)34-23(14-18)33-12-8-7-11-28/h5-6,9-10,13,15,18,23-24,28H,7-8,11-12,14,16H2,1-4H3/t18-,23+/m0/s1. The molecule has 1 aliphatic heterocycles. The number of nitrogens with zero attached hydrogens (tertiary/aromatic N) is 2. The third kappa shape index (κ3) is 6.04. The molecule has 1 aromatic heterocycles. The molecule has 34 heavy (non-hydrogen) atoms. The maximum Gasteiger partial charge on any atom is 0.288 e. The summed E-state index contributed by atoms with van der Waals surface area (Å²) >= 11 is 0. The Balaban J connectivity index is 1.92. The first-order chi connectivity index (χ1) is 16.4. The smallest absolute Gasteiger partial charge is 0.288 e. The van der Waals surface area contributed by atoms with Crippen molar-refractivity contribution in [1.82, 2.24) is 9.47 Å². The van der Waals surface area contributed by atoms with E-state index in [-0.39, 0.29) is 36.6 Å². The fraction of sp³-hybridized carbons (Fsp3) is 0.520. The zero-order valence-corrected chi connectivity index (χ0v) is 20.2. The van der Waals surface area contributed by atoms with Crippen molar-refractivity contribution >= 4 is 22.7 Å². The summed E-state index contributed by atoms with van der Waals surface area (Å²) in [6.07, 6.45) is 4.23. The van der Waals surface area contributed by atoms with Crippen LogP contribution in [0.25, 0.3) is 10.9 Å². The number of carbonyl (C=O) groups excluding carboxylic acids is 2. The Hall–Kier alpha value is -2.72. The van der Waals surface area contributed by atoms with Gasteiger partial charge in [0.15, 0.2) is 12.0 Å². The van der Waals surface area contributed by atoms with Crippen molar-refractivity contribution in [3.8, 4) is 0 Å². The predicted molar refractivity (Wildman–Crippen MR) is 126 cm³/mol. The van der Waals surface area contributed by atoms with Crippen molar-refractivity contribution in [3.63, 3.8) is 0 Å². The molecule has 0 unspecified atom stereocenters. The van der Waals surface area contributed by atoms with Gasteiger partial charge in [0.1, 0.15) is 0 Å². The summed E-state index contributed by atoms with van der Waals surface area (Å²) in [6.45, 7) is 2.24. The van der Waals surface area contributed by atoms with E-state index < -0.39 is 12.6 Å². The topological polar surface area (TPSA) is 99.5 Å². The number of ether oxygens (including phenoxy) is 4. The Labute approximate surface area is 199 Å². The van der Waals surface area contributed by atoms with Crippen LogP contribution >= 0.6 is 0 Å². The number of unbranched alkanes of at least 4 members (excludes halogenated alkanes) is 1.